The maximum atomic E-state index is 12.3. The zero-order valence-corrected chi connectivity index (χ0v) is 11.5. The minimum atomic E-state index is -1.16. The minimum absolute atomic E-state index is 0.346. The van der Waals surface area contributed by atoms with Crippen LogP contribution in [0.25, 0.3) is 10.9 Å². The van der Waals surface area contributed by atoms with Gasteiger partial charge < -0.3 is 10.4 Å². The molecule has 0 aliphatic carbocycles. The Balaban J connectivity index is 2.33. The van der Waals surface area contributed by atoms with Crippen LogP contribution in [0, 0.1) is 0 Å². The summed E-state index contributed by atoms with van der Waals surface area (Å²) in [6.45, 7) is 2.79. The van der Waals surface area contributed by atoms with Crippen molar-refractivity contribution in [1.29, 1.82) is 0 Å². The zero-order valence-electron chi connectivity index (χ0n) is 11.5. The molecule has 8 nitrogen and oxygen atoms in total. The summed E-state index contributed by atoms with van der Waals surface area (Å²) in [6, 6.07) is 4.64. The summed E-state index contributed by atoms with van der Waals surface area (Å²) in [5.74, 6) is -1.77. The van der Waals surface area contributed by atoms with Gasteiger partial charge >= 0.3 is 5.97 Å². The van der Waals surface area contributed by atoms with E-state index in [1.807, 2.05) is 0 Å². The van der Waals surface area contributed by atoms with E-state index >= 15 is 0 Å². The number of rotatable bonds is 4. The maximum absolute atomic E-state index is 12.3. The number of aliphatic carboxylic acids is 1. The van der Waals surface area contributed by atoms with Gasteiger partial charge in [0, 0.05) is 0 Å². The average Bonchev–Trinajstić information content (AvgIpc) is 2.47. The van der Waals surface area contributed by atoms with E-state index in [1.165, 1.54) is 13.8 Å². The number of nitrogens with zero attached hydrogens (tertiary/aromatic N) is 3. The number of hydrogen-bond acceptors (Lipinski definition) is 5. The quantitative estimate of drug-likeness (QED) is 0.815. The molecule has 0 unspecified atom stereocenters. The van der Waals surface area contributed by atoms with Crippen molar-refractivity contribution in [2.75, 3.05) is 0 Å². The Bertz CT molecular complexity index is 755. The summed E-state index contributed by atoms with van der Waals surface area (Å²) in [6.07, 6.45) is 0. The summed E-state index contributed by atoms with van der Waals surface area (Å²) >= 11 is 0. The lowest BCUT2D eigenvalue weighted by atomic mass is 10.2. The molecule has 0 fully saturated rings. The van der Waals surface area contributed by atoms with Crippen LogP contribution in [0.5, 0.6) is 0 Å². The van der Waals surface area contributed by atoms with E-state index in [2.05, 4.69) is 15.6 Å². The van der Waals surface area contributed by atoms with Crippen molar-refractivity contribution in [3.05, 3.63) is 34.6 Å². The Morgan fingerprint density at radius 1 is 1.29 bits per heavy atom. The molecule has 8 heteroatoms. The first kappa shape index (κ1) is 14.6. The largest absolute Gasteiger partial charge is 0.480 e. The van der Waals surface area contributed by atoms with Gasteiger partial charge in [0.2, 0.25) is 5.91 Å². The third-order valence-corrected chi connectivity index (χ3v) is 3.07. The Morgan fingerprint density at radius 3 is 2.62 bits per heavy atom. The molecule has 110 valence electrons. The van der Waals surface area contributed by atoms with E-state index in [0.717, 1.165) is 4.68 Å². The third kappa shape index (κ3) is 2.88. The molecule has 1 heterocycles. The normalized spacial score (nSPS) is 13.6. The molecule has 2 atom stereocenters. The lowest BCUT2D eigenvalue weighted by Crippen LogP contribution is -2.44. The van der Waals surface area contributed by atoms with Crippen LogP contribution in [-0.4, -0.2) is 38.0 Å². The molecule has 0 aliphatic rings. The van der Waals surface area contributed by atoms with Crippen LogP contribution in [0.15, 0.2) is 29.1 Å². The molecule has 0 spiro atoms. The van der Waals surface area contributed by atoms with Gasteiger partial charge in [-0.1, -0.05) is 17.3 Å². The van der Waals surface area contributed by atoms with Crippen molar-refractivity contribution < 1.29 is 14.7 Å². The summed E-state index contributed by atoms with van der Waals surface area (Å²) < 4.78 is 0.937. The number of aromatic nitrogens is 3. The Kier molecular flexibility index (Phi) is 3.97. The van der Waals surface area contributed by atoms with Gasteiger partial charge in [-0.25, -0.2) is 0 Å². The van der Waals surface area contributed by atoms with Crippen molar-refractivity contribution in [3.8, 4) is 0 Å². The maximum Gasteiger partial charge on any atom is 0.325 e. The van der Waals surface area contributed by atoms with E-state index in [-0.39, 0.29) is 0 Å². The molecule has 0 bridgehead atoms. The smallest absolute Gasteiger partial charge is 0.325 e. The van der Waals surface area contributed by atoms with Gasteiger partial charge in [-0.2, -0.15) is 4.68 Å². The van der Waals surface area contributed by atoms with Gasteiger partial charge in [-0.05, 0) is 26.0 Å². The Morgan fingerprint density at radius 2 is 1.95 bits per heavy atom. The van der Waals surface area contributed by atoms with Gasteiger partial charge in [0.25, 0.3) is 5.56 Å². The molecule has 0 saturated heterocycles. The first-order valence-corrected chi connectivity index (χ1v) is 6.29. The SMILES string of the molecule is C[C@H](C(=O)N[C@H](C)C(=O)O)n1nnc2ccccc2c1=O. The number of amides is 1. The fourth-order valence-electron chi connectivity index (χ4n) is 1.76. The molecule has 1 aromatic carbocycles. The molecule has 21 heavy (non-hydrogen) atoms. The number of carboxylic acid groups (broad SMARTS) is 1. The minimum Gasteiger partial charge on any atom is -0.480 e. The molecule has 1 amide bonds. The Hall–Kier alpha value is -2.77. The van der Waals surface area contributed by atoms with Crippen molar-refractivity contribution >= 4 is 22.8 Å². The van der Waals surface area contributed by atoms with Gasteiger partial charge in [0.1, 0.15) is 17.6 Å². The second kappa shape index (κ2) is 5.70. The number of carbonyl (C=O) groups excluding carboxylic acids is 1. The molecule has 1 aromatic heterocycles. The van der Waals surface area contributed by atoms with E-state index < -0.39 is 29.5 Å². The molecule has 2 rings (SSSR count). The molecular formula is C13H14N4O4. The second-order valence-electron chi connectivity index (χ2n) is 4.60. The predicted octanol–water partition coefficient (Wildman–Crippen LogP) is -0.0582. The molecule has 0 aliphatic heterocycles. The third-order valence-electron chi connectivity index (χ3n) is 3.07. The van der Waals surface area contributed by atoms with Gasteiger partial charge in [0.15, 0.2) is 0 Å². The first-order valence-electron chi connectivity index (χ1n) is 6.29. The number of carboxylic acids is 1. The number of benzene rings is 1. The number of nitrogens with one attached hydrogen (secondary N) is 1. The topological polar surface area (TPSA) is 114 Å². The molecule has 2 N–H and O–H groups in total. The van der Waals surface area contributed by atoms with Crippen molar-refractivity contribution in [2.24, 2.45) is 0 Å². The standard InChI is InChI=1S/C13H14N4O4/c1-7(13(20)21)14-11(18)8(2)17-12(19)9-5-3-4-6-10(9)15-16-17/h3-8H,1-2H3,(H,14,18)(H,20,21)/t7-,8-/m1/s1. The van der Waals surface area contributed by atoms with Crippen molar-refractivity contribution in [2.45, 2.75) is 25.9 Å². The van der Waals surface area contributed by atoms with Crippen LogP contribution in [0.2, 0.25) is 0 Å². The first-order chi connectivity index (χ1) is 9.91. The molecule has 0 radical (unpaired) electrons. The fraction of sp³-hybridized carbons (Fsp3) is 0.308. The van der Waals surface area contributed by atoms with E-state index in [1.54, 1.807) is 24.3 Å². The summed E-state index contributed by atoms with van der Waals surface area (Å²) in [5, 5.41) is 19.0. The fourth-order valence-corrected chi connectivity index (χ4v) is 1.76. The van der Waals surface area contributed by atoms with E-state index in [0.29, 0.717) is 10.9 Å². The highest BCUT2D eigenvalue weighted by molar-refractivity contribution is 5.85. The summed E-state index contributed by atoms with van der Waals surface area (Å²) in [5.41, 5.74) is -0.0171. The van der Waals surface area contributed by atoms with Crippen LogP contribution in [0.1, 0.15) is 19.9 Å². The lowest BCUT2D eigenvalue weighted by molar-refractivity contribution is -0.141. The lowest BCUT2D eigenvalue weighted by Gasteiger charge is -2.15. The zero-order chi connectivity index (χ0) is 15.6. The average molecular weight is 290 g/mol. The molecule has 2 aromatic rings. The molecule has 0 saturated carbocycles. The highest BCUT2D eigenvalue weighted by Crippen LogP contribution is 2.06. The van der Waals surface area contributed by atoms with Crippen LogP contribution < -0.4 is 10.9 Å². The molecular weight excluding hydrogens is 276 g/mol. The highest BCUT2D eigenvalue weighted by Gasteiger charge is 2.22. The number of fused-ring (bicyclic) bond motifs is 1. The van der Waals surface area contributed by atoms with Crippen LogP contribution in [-0.2, 0) is 9.59 Å². The van der Waals surface area contributed by atoms with Crippen LogP contribution in [0.3, 0.4) is 0 Å². The Labute approximate surface area is 119 Å². The number of hydrogen-bond donors (Lipinski definition) is 2. The van der Waals surface area contributed by atoms with Gasteiger partial charge in [-0.15, -0.1) is 5.10 Å². The summed E-state index contributed by atoms with van der Waals surface area (Å²) in [4.78, 5) is 34.9. The van der Waals surface area contributed by atoms with Crippen LogP contribution >= 0.6 is 0 Å². The predicted molar refractivity (Wildman–Crippen MR) is 73.7 cm³/mol. The van der Waals surface area contributed by atoms with Gasteiger partial charge in [-0.3, -0.25) is 14.4 Å². The number of carbonyl (C=O) groups is 2. The van der Waals surface area contributed by atoms with E-state index in [9.17, 15) is 14.4 Å². The van der Waals surface area contributed by atoms with Crippen molar-refractivity contribution in [1.82, 2.24) is 20.3 Å². The second-order valence-corrected chi connectivity index (χ2v) is 4.60. The summed E-state index contributed by atoms with van der Waals surface area (Å²) in [7, 11) is 0. The van der Waals surface area contributed by atoms with Crippen molar-refractivity contribution in [3.63, 3.8) is 0 Å². The van der Waals surface area contributed by atoms with Gasteiger partial charge in [0.05, 0.1) is 5.39 Å². The highest BCUT2D eigenvalue weighted by atomic mass is 16.4. The van der Waals surface area contributed by atoms with Crippen LogP contribution in [0.4, 0.5) is 0 Å². The van der Waals surface area contributed by atoms with E-state index in [4.69, 9.17) is 5.11 Å². The monoisotopic (exact) mass is 290 g/mol.